The van der Waals surface area contributed by atoms with E-state index in [2.05, 4.69) is 30.7 Å². The fourth-order valence-corrected chi connectivity index (χ4v) is 3.14. The number of hydrazone groups is 1. The lowest BCUT2D eigenvalue weighted by molar-refractivity contribution is 0.174. The lowest BCUT2D eigenvalue weighted by atomic mass is 9.87. The predicted molar refractivity (Wildman–Crippen MR) is 95.6 cm³/mol. The molecule has 2 aromatic carbocycles. The number of hydrogen-bond acceptors (Lipinski definition) is 5. The summed E-state index contributed by atoms with van der Waals surface area (Å²) in [6.45, 7) is 6.41. The molecule has 25 heavy (non-hydrogen) atoms. The highest BCUT2D eigenvalue weighted by molar-refractivity contribution is 7.89. The van der Waals surface area contributed by atoms with Crippen molar-refractivity contribution >= 4 is 16.2 Å². The van der Waals surface area contributed by atoms with E-state index in [9.17, 15) is 8.42 Å². The van der Waals surface area contributed by atoms with Gasteiger partial charge in [-0.15, -0.1) is 0 Å². The van der Waals surface area contributed by atoms with Crippen LogP contribution in [0.4, 0.5) is 0 Å². The molecule has 1 heterocycles. The molecule has 132 valence electrons. The van der Waals surface area contributed by atoms with E-state index in [1.807, 2.05) is 12.1 Å². The maximum absolute atomic E-state index is 12.3. The van der Waals surface area contributed by atoms with Gasteiger partial charge < -0.3 is 9.47 Å². The molecule has 2 aromatic rings. The SMILES string of the molecule is CC(C)(C)c1ccc(S(=O)(=O)N/N=C\c2ccc3c(c2)OCO3)cc1. The van der Waals surface area contributed by atoms with Crippen molar-refractivity contribution in [1.82, 2.24) is 4.83 Å². The van der Waals surface area contributed by atoms with Crippen molar-refractivity contribution in [3.05, 3.63) is 53.6 Å². The van der Waals surface area contributed by atoms with Crippen LogP contribution in [0, 0.1) is 0 Å². The lowest BCUT2D eigenvalue weighted by Gasteiger charge is -2.19. The van der Waals surface area contributed by atoms with Gasteiger partial charge in [0.2, 0.25) is 6.79 Å². The zero-order valence-corrected chi connectivity index (χ0v) is 15.1. The van der Waals surface area contributed by atoms with Gasteiger partial charge in [-0.3, -0.25) is 0 Å². The Bertz CT molecular complexity index is 898. The van der Waals surface area contributed by atoms with Crippen LogP contribution >= 0.6 is 0 Å². The molecule has 0 saturated heterocycles. The van der Waals surface area contributed by atoms with E-state index >= 15 is 0 Å². The molecule has 3 rings (SSSR count). The standard InChI is InChI=1S/C18H20N2O4S/c1-18(2,3)14-5-7-15(8-6-14)25(21,22)20-19-11-13-4-9-16-17(10-13)24-12-23-16/h4-11,20H,12H2,1-3H3/b19-11-. The average molecular weight is 360 g/mol. The molecule has 0 atom stereocenters. The van der Waals surface area contributed by atoms with Gasteiger partial charge in [-0.1, -0.05) is 32.9 Å². The second-order valence-electron chi connectivity index (χ2n) is 6.74. The van der Waals surface area contributed by atoms with E-state index in [0.29, 0.717) is 17.1 Å². The fraction of sp³-hybridized carbons (Fsp3) is 0.278. The van der Waals surface area contributed by atoms with E-state index in [4.69, 9.17) is 9.47 Å². The zero-order valence-electron chi connectivity index (χ0n) is 14.3. The third kappa shape index (κ3) is 3.93. The number of benzene rings is 2. The number of rotatable bonds is 4. The molecule has 1 N–H and O–H groups in total. The van der Waals surface area contributed by atoms with Crippen LogP contribution in [-0.2, 0) is 15.4 Å². The quantitative estimate of drug-likeness (QED) is 0.672. The third-order valence-electron chi connectivity index (χ3n) is 3.81. The summed E-state index contributed by atoms with van der Waals surface area (Å²) in [5, 5.41) is 3.83. The van der Waals surface area contributed by atoms with Crippen molar-refractivity contribution in [2.75, 3.05) is 6.79 Å². The highest BCUT2D eigenvalue weighted by Gasteiger charge is 2.17. The maximum Gasteiger partial charge on any atom is 0.276 e. The van der Waals surface area contributed by atoms with Gasteiger partial charge in [-0.25, -0.2) is 4.83 Å². The first kappa shape index (κ1) is 17.3. The first-order chi connectivity index (χ1) is 11.8. The molecule has 0 saturated carbocycles. The van der Waals surface area contributed by atoms with Gasteiger partial charge in [0, 0.05) is 0 Å². The van der Waals surface area contributed by atoms with E-state index < -0.39 is 10.0 Å². The van der Waals surface area contributed by atoms with Gasteiger partial charge in [-0.05, 0) is 46.9 Å². The lowest BCUT2D eigenvalue weighted by Crippen LogP contribution is -2.19. The smallest absolute Gasteiger partial charge is 0.276 e. The average Bonchev–Trinajstić information content (AvgIpc) is 3.02. The summed E-state index contributed by atoms with van der Waals surface area (Å²) in [5.74, 6) is 1.28. The summed E-state index contributed by atoms with van der Waals surface area (Å²) in [5.41, 5.74) is 1.73. The predicted octanol–water partition coefficient (Wildman–Crippen LogP) is 3.03. The van der Waals surface area contributed by atoms with E-state index in [-0.39, 0.29) is 17.1 Å². The van der Waals surface area contributed by atoms with Gasteiger partial charge >= 0.3 is 0 Å². The first-order valence-electron chi connectivity index (χ1n) is 7.81. The van der Waals surface area contributed by atoms with Gasteiger partial charge in [0.05, 0.1) is 11.1 Å². The van der Waals surface area contributed by atoms with Crippen LogP contribution in [0.2, 0.25) is 0 Å². The molecule has 0 radical (unpaired) electrons. The van der Waals surface area contributed by atoms with Gasteiger partial charge in [0.25, 0.3) is 10.0 Å². The minimum Gasteiger partial charge on any atom is -0.454 e. The molecule has 0 spiro atoms. The Hall–Kier alpha value is -2.54. The topological polar surface area (TPSA) is 77.0 Å². The van der Waals surface area contributed by atoms with E-state index in [1.54, 1.807) is 30.3 Å². The molecule has 7 heteroatoms. The highest BCUT2D eigenvalue weighted by Crippen LogP contribution is 2.32. The van der Waals surface area contributed by atoms with Crippen LogP contribution in [0.15, 0.2) is 52.5 Å². The molecule has 0 bridgehead atoms. The molecular weight excluding hydrogens is 340 g/mol. The van der Waals surface area contributed by atoms with E-state index in [0.717, 1.165) is 5.56 Å². The Balaban J connectivity index is 1.71. The molecular formula is C18H20N2O4S. The summed E-state index contributed by atoms with van der Waals surface area (Å²) in [6, 6.07) is 12.1. The van der Waals surface area contributed by atoms with Crippen molar-refractivity contribution in [2.24, 2.45) is 5.10 Å². The highest BCUT2D eigenvalue weighted by atomic mass is 32.2. The third-order valence-corrected chi connectivity index (χ3v) is 5.05. The van der Waals surface area contributed by atoms with Crippen LogP contribution in [0.25, 0.3) is 0 Å². The molecule has 0 unspecified atom stereocenters. The van der Waals surface area contributed by atoms with Crippen LogP contribution in [0.3, 0.4) is 0 Å². The van der Waals surface area contributed by atoms with Gasteiger partial charge in [-0.2, -0.15) is 13.5 Å². The largest absolute Gasteiger partial charge is 0.454 e. The number of sulfonamides is 1. The minimum atomic E-state index is -3.71. The Kier molecular flexibility index (Phi) is 4.43. The Morgan fingerprint density at radius 3 is 2.40 bits per heavy atom. The van der Waals surface area contributed by atoms with E-state index in [1.165, 1.54) is 6.21 Å². The molecule has 1 aliphatic heterocycles. The van der Waals surface area contributed by atoms with Gasteiger partial charge in [0.15, 0.2) is 11.5 Å². The number of hydrogen-bond donors (Lipinski definition) is 1. The van der Waals surface area contributed by atoms with Crippen molar-refractivity contribution in [3.8, 4) is 11.5 Å². The molecule has 0 aliphatic carbocycles. The summed E-state index contributed by atoms with van der Waals surface area (Å²) >= 11 is 0. The van der Waals surface area contributed by atoms with Crippen molar-refractivity contribution < 1.29 is 17.9 Å². The minimum absolute atomic E-state index is 0.0345. The van der Waals surface area contributed by atoms with Crippen molar-refractivity contribution in [1.29, 1.82) is 0 Å². The van der Waals surface area contributed by atoms with Crippen LogP contribution in [-0.4, -0.2) is 21.4 Å². The Labute approximate surface area is 147 Å². The Morgan fingerprint density at radius 1 is 1.04 bits per heavy atom. The molecule has 0 amide bonds. The fourth-order valence-electron chi connectivity index (χ4n) is 2.35. The first-order valence-corrected chi connectivity index (χ1v) is 9.29. The number of fused-ring (bicyclic) bond motifs is 1. The normalized spacial score (nSPS) is 14.0. The zero-order chi connectivity index (χ0) is 18.1. The Morgan fingerprint density at radius 2 is 1.72 bits per heavy atom. The maximum atomic E-state index is 12.3. The second-order valence-corrected chi connectivity index (χ2v) is 8.40. The van der Waals surface area contributed by atoms with Crippen LogP contribution < -0.4 is 14.3 Å². The molecule has 1 aliphatic rings. The molecule has 6 nitrogen and oxygen atoms in total. The van der Waals surface area contributed by atoms with Gasteiger partial charge in [0.1, 0.15) is 0 Å². The number of ether oxygens (including phenoxy) is 2. The summed E-state index contributed by atoms with van der Waals surface area (Å²) in [4.78, 5) is 2.39. The number of nitrogens with zero attached hydrogens (tertiary/aromatic N) is 1. The summed E-state index contributed by atoms with van der Waals surface area (Å²) in [7, 11) is -3.71. The molecule has 0 aromatic heterocycles. The molecule has 0 fully saturated rings. The van der Waals surface area contributed by atoms with Crippen LogP contribution in [0.5, 0.6) is 11.5 Å². The van der Waals surface area contributed by atoms with Crippen LogP contribution in [0.1, 0.15) is 31.9 Å². The summed E-state index contributed by atoms with van der Waals surface area (Å²) in [6.07, 6.45) is 1.42. The monoisotopic (exact) mass is 360 g/mol. The second kappa shape index (κ2) is 6.40. The number of nitrogens with one attached hydrogen (secondary N) is 1. The van der Waals surface area contributed by atoms with Crippen molar-refractivity contribution in [2.45, 2.75) is 31.1 Å². The van der Waals surface area contributed by atoms with Crippen molar-refractivity contribution in [3.63, 3.8) is 0 Å². The summed E-state index contributed by atoms with van der Waals surface area (Å²) < 4.78 is 35.1.